The predicted molar refractivity (Wildman–Crippen MR) is 110 cm³/mol. The number of ether oxygens (including phenoxy) is 1. The molecule has 0 amide bonds. The van der Waals surface area contributed by atoms with Gasteiger partial charge in [0, 0.05) is 45.8 Å². The van der Waals surface area contributed by atoms with Crippen LogP contribution in [0.3, 0.4) is 0 Å². The van der Waals surface area contributed by atoms with Crippen molar-refractivity contribution in [3.63, 3.8) is 0 Å². The first-order chi connectivity index (χ1) is 14.2. The van der Waals surface area contributed by atoms with E-state index in [-0.39, 0.29) is 5.78 Å². The maximum absolute atomic E-state index is 12.2. The Labute approximate surface area is 169 Å². The van der Waals surface area contributed by atoms with Crippen LogP contribution in [0.4, 0.5) is 5.82 Å². The van der Waals surface area contributed by atoms with E-state index < -0.39 is 0 Å². The molecule has 0 spiro atoms. The average molecular weight is 392 g/mol. The van der Waals surface area contributed by atoms with Crippen LogP contribution in [0.1, 0.15) is 23.1 Å². The Morgan fingerprint density at radius 3 is 2.45 bits per heavy atom. The molecule has 1 aromatic carbocycles. The number of ketones is 1. The molecule has 3 heterocycles. The smallest absolute Gasteiger partial charge is 0.183 e. The van der Waals surface area contributed by atoms with Crippen LogP contribution in [-0.4, -0.2) is 63.9 Å². The first-order valence-electron chi connectivity index (χ1n) is 9.64. The Hall–Kier alpha value is -3.26. The topological polar surface area (TPSA) is 76.4 Å². The summed E-state index contributed by atoms with van der Waals surface area (Å²) in [4.78, 5) is 21.2. The predicted octanol–water partition coefficient (Wildman–Crippen LogP) is 2.20. The van der Waals surface area contributed by atoms with Gasteiger partial charge in [-0.05, 0) is 36.4 Å². The van der Waals surface area contributed by atoms with Gasteiger partial charge in [0.2, 0.25) is 0 Å². The van der Waals surface area contributed by atoms with E-state index in [9.17, 15) is 4.79 Å². The second kappa shape index (κ2) is 8.40. The van der Waals surface area contributed by atoms with Gasteiger partial charge in [0.15, 0.2) is 17.3 Å². The number of carbonyl (C=O) groups is 1. The zero-order chi connectivity index (χ0) is 20.2. The van der Waals surface area contributed by atoms with E-state index in [0.29, 0.717) is 5.69 Å². The SMILES string of the molecule is COc1ccc(-n2nnc(C(C)=O)c2N2CCN(Cc3ccccn3)CC2)cc1. The lowest BCUT2D eigenvalue weighted by Gasteiger charge is -2.35. The number of aromatic nitrogens is 4. The summed E-state index contributed by atoms with van der Waals surface area (Å²) in [6.07, 6.45) is 1.82. The number of carbonyl (C=O) groups excluding carboxylic acids is 1. The van der Waals surface area contributed by atoms with Crippen molar-refractivity contribution in [3.05, 3.63) is 60.0 Å². The number of piperazine rings is 1. The molecule has 0 aliphatic carbocycles. The molecule has 1 aliphatic heterocycles. The van der Waals surface area contributed by atoms with Crippen LogP contribution in [0.5, 0.6) is 5.75 Å². The van der Waals surface area contributed by atoms with E-state index in [0.717, 1.165) is 55.7 Å². The van der Waals surface area contributed by atoms with Crippen LogP contribution >= 0.6 is 0 Å². The Bertz CT molecular complexity index is 963. The molecule has 0 bridgehead atoms. The van der Waals surface area contributed by atoms with Gasteiger partial charge in [-0.15, -0.1) is 5.10 Å². The number of nitrogens with zero attached hydrogens (tertiary/aromatic N) is 6. The third-order valence-electron chi connectivity index (χ3n) is 5.08. The fourth-order valence-corrected chi connectivity index (χ4v) is 3.52. The second-order valence-corrected chi connectivity index (χ2v) is 7.01. The van der Waals surface area contributed by atoms with Gasteiger partial charge in [0.25, 0.3) is 0 Å². The van der Waals surface area contributed by atoms with Crippen molar-refractivity contribution < 1.29 is 9.53 Å². The molecule has 0 saturated carbocycles. The van der Waals surface area contributed by atoms with Gasteiger partial charge in [-0.2, -0.15) is 4.68 Å². The highest BCUT2D eigenvalue weighted by molar-refractivity contribution is 5.97. The highest BCUT2D eigenvalue weighted by atomic mass is 16.5. The van der Waals surface area contributed by atoms with E-state index >= 15 is 0 Å². The number of hydrogen-bond donors (Lipinski definition) is 0. The highest BCUT2D eigenvalue weighted by Crippen LogP contribution is 2.25. The number of Topliss-reactive ketones (excluding diaryl/α,β-unsaturated/α-hetero) is 1. The summed E-state index contributed by atoms with van der Waals surface area (Å²) in [5.74, 6) is 1.43. The fraction of sp³-hybridized carbons (Fsp3) is 0.333. The van der Waals surface area contributed by atoms with Crippen LogP contribution in [-0.2, 0) is 6.54 Å². The first-order valence-corrected chi connectivity index (χ1v) is 9.64. The molecule has 1 fully saturated rings. The van der Waals surface area contributed by atoms with Gasteiger partial charge < -0.3 is 9.64 Å². The van der Waals surface area contributed by atoms with Gasteiger partial charge in [-0.1, -0.05) is 11.3 Å². The summed E-state index contributed by atoms with van der Waals surface area (Å²) in [5.41, 5.74) is 2.31. The van der Waals surface area contributed by atoms with Crippen molar-refractivity contribution in [1.82, 2.24) is 24.9 Å². The lowest BCUT2D eigenvalue weighted by Crippen LogP contribution is -2.47. The molecule has 0 atom stereocenters. The maximum Gasteiger partial charge on any atom is 0.183 e. The van der Waals surface area contributed by atoms with Crippen molar-refractivity contribution in [1.29, 1.82) is 0 Å². The number of benzene rings is 1. The van der Waals surface area contributed by atoms with Gasteiger partial charge in [-0.3, -0.25) is 14.7 Å². The Morgan fingerprint density at radius 1 is 1.07 bits per heavy atom. The summed E-state index contributed by atoms with van der Waals surface area (Å²) >= 11 is 0. The lowest BCUT2D eigenvalue weighted by molar-refractivity contribution is 0.101. The molecule has 8 nitrogen and oxygen atoms in total. The Kier molecular flexibility index (Phi) is 5.53. The van der Waals surface area contributed by atoms with Crippen molar-refractivity contribution in [3.8, 4) is 11.4 Å². The molecule has 4 rings (SSSR count). The zero-order valence-corrected chi connectivity index (χ0v) is 16.7. The minimum atomic E-state index is -0.0873. The first kappa shape index (κ1) is 19.1. The van der Waals surface area contributed by atoms with E-state index in [1.54, 1.807) is 11.8 Å². The Morgan fingerprint density at radius 2 is 1.83 bits per heavy atom. The quantitative estimate of drug-likeness (QED) is 0.595. The van der Waals surface area contributed by atoms with Crippen molar-refractivity contribution in [2.45, 2.75) is 13.5 Å². The normalized spacial score (nSPS) is 14.8. The molecule has 8 heteroatoms. The number of hydrogen-bond acceptors (Lipinski definition) is 7. The molecular weight excluding hydrogens is 368 g/mol. The van der Waals surface area contributed by atoms with E-state index in [4.69, 9.17) is 4.74 Å². The standard InChI is InChI=1S/C21H24N6O2/c1-16(28)20-21(27(24-23-20)18-6-8-19(29-2)9-7-18)26-13-11-25(12-14-26)15-17-5-3-4-10-22-17/h3-10H,11-15H2,1-2H3. The third-order valence-corrected chi connectivity index (χ3v) is 5.08. The molecule has 2 aromatic heterocycles. The molecule has 1 saturated heterocycles. The van der Waals surface area contributed by atoms with Crippen LogP contribution in [0, 0.1) is 0 Å². The summed E-state index contributed by atoms with van der Waals surface area (Å²) in [7, 11) is 1.63. The lowest BCUT2D eigenvalue weighted by atomic mass is 10.2. The second-order valence-electron chi connectivity index (χ2n) is 7.01. The van der Waals surface area contributed by atoms with Crippen molar-refractivity contribution in [2.75, 3.05) is 38.2 Å². The molecule has 150 valence electrons. The van der Waals surface area contributed by atoms with Gasteiger partial charge >= 0.3 is 0 Å². The van der Waals surface area contributed by atoms with Crippen LogP contribution < -0.4 is 9.64 Å². The van der Waals surface area contributed by atoms with Crippen LogP contribution in [0.2, 0.25) is 0 Å². The largest absolute Gasteiger partial charge is 0.497 e. The molecule has 1 aliphatic rings. The molecular formula is C21H24N6O2. The summed E-state index contributed by atoms with van der Waals surface area (Å²) in [5, 5.41) is 8.43. The Balaban J connectivity index is 1.54. The van der Waals surface area contributed by atoms with Crippen molar-refractivity contribution in [2.24, 2.45) is 0 Å². The van der Waals surface area contributed by atoms with Crippen LogP contribution in [0.15, 0.2) is 48.7 Å². The number of rotatable bonds is 6. The molecule has 0 unspecified atom stereocenters. The summed E-state index contributed by atoms with van der Waals surface area (Å²) in [6.45, 7) is 5.68. The minimum absolute atomic E-state index is 0.0873. The summed E-state index contributed by atoms with van der Waals surface area (Å²) in [6, 6.07) is 13.6. The van der Waals surface area contributed by atoms with E-state index in [1.807, 2.05) is 48.7 Å². The molecule has 0 radical (unpaired) electrons. The zero-order valence-electron chi connectivity index (χ0n) is 16.7. The number of anilines is 1. The monoisotopic (exact) mass is 392 g/mol. The van der Waals surface area contributed by atoms with Gasteiger partial charge in [0.1, 0.15) is 5.75 Å². The number of methoxy groups -OCH3 is 1. The maximum atomic E-state index is 12.2. The molecule has 29 heavy (non-hydrogen) atoms. The molecule has 0 N–H and O–H groups in total. The average Bonchev–Trinajstić information content (AvgIpc) is 3.21. The molecule has 3 aromatic rings. The third kappa shape index (κ3) is 4.12. The van der Waals surface area contributed by atoms with E-state index in [2.05, 4.69) is 25.1 Å². The number of pyridine rings is 1. The summed E-state index contributed by atoms with van der Waals surface area (Å²) < 4.78 is 6.98. The minimum Gasteiger partial charge on any atom is -0.497 e. The van der Waals surface area contributed by atoms with Gasteiger partial charge in [-0.25, -0.2) is 0 Å². The van der Waals surface area contributed by atoms with E-state index in [1.165, 1.54) is 6.92 Å². The van der Waals surface area contributed by atoms with Crippen molar-refractivity contribution >= 4 is 11.6 Å². The van der Waals surface area contributed by atoms with Crippen LogP contribution in [0.25, 0.3) is 5.69 Å². The highest BCUT2D eigenvalue weighted by Gasteiger charge is 2.26. The van der Waals surface area contributed by atoms with Gasteiger partial charge in [0.05, 0.1) is 18.5 Å². The fourth-order valence-electron chi connectivity index (χ4n) is 3.52.